The molecule has 5 nitrogen and oxygen atoms in total. The first kappa shape index (κ1) is 10.7. The van der Waals surface area contributed by atoms with Gasteiger partial charge in [-0.25, -0.2) is 0 Å². The van der Waals surface area contributed by atoms with E-state index in [1.54, 1.807) is 4.68 Å². The van der Waals surface area contributed by atoms with Crippen LogP contribution in [0.4, 0.5) is 5.82 Å². The van der Waals surface area contributed by atoms with E-state index in [4.69, 9.17) is 5.73 Å². The van der Waals surface area contributed by atoms with E-state index in [-0.39, 0.29) is 0 Å². The Morgan fingerprint density at radius 2 is 1.94 bits per heavy atom. The Morgan fingerprint density at radius 1 is 1.25 bits per heavy atom. The summed E-state index contributed by atoms with van der Waals surface area (Å²) in [6, 6.07) is 2.06. The molecule has 0 aromatic carbocycles. The molecule has 86 valence electrons. The average Bonchev–Trinajstić information content (AvgIpc) is 2.62. The predicted molar refractivity (Wildman–Crippen MR) is 63.2 cm³/mol. The van der Waals surface area contributed by atoms with E-state index in [1.807, 2.05) is 32.5 Å². The smallest absolute Gasteiger partial charge is 0.126 e. The molecule has 0 aliphatic carbocycles. The van der Waals surface area contributed by atoms with Crippen LogP contribution in [0, 0.1) is 20.8 Å². The molecule has 0 amide bonds. The Kier molecular flexibility index (Phi) is 2.46. The number of nitrogens with zero attached hydrogens (tertiary/aromatic N) is 4. The third-order valence-electron chi connectivity index (χ3n) is 2.81. The molecule has 0 aliphatic heterocycles. The van der Waals surface area contributed by atoms with Gasteiger partial charge in [-0.05, 0) is 26.8 Å². The first-order valence-electron chi connectivity index (χ1n) is 5.28. The maximum Gasteiger partial charge on any atom is 0.126 e. The molecule has 0 atom stereocenters. The zero-order valence-corrected chi connectivity index (χ0v) is 10.2. The second kappa shape index (κ2) is 3.66. The second-order valence-electron chi connectivity index (χ2n) is 4.16. The van der Waals surface area contributed by atoms with E-state index in [2.05, 4.69) is 16.3 Å². The van der Waals surface area contributed by atoms with Crippen LogP contribution in [0.25, 0.3) is 0 Å². The minimum absolute atomic E-state index is 0.686. The highest BCUT2D eigenvalue weighted by Gasteiger charge is 2.12. The molecular formula is C11H17N5. The van der Waals surface area contributed by atoms with Gasteiger partial charge in [0.2, 0.25) is 0 Å². The van der Waals surface area contributed by atoms with Gasteiger partial charge in [-0.3, -0.25) is 9.36 Å². The van der Waals surface area contributed by atoms with Gasteiger partial charge >= 0.3 is 0 Å². The summed E-state index contributed by atoms with van der Waals surface area (Å²) in [6.45, 7) is 6.69. The highest BCUT2D eigenvalue weighted by atomic mass is 15.3. The van der Waals surface area contributed by atoms with Crippen molar-refractivity contribution in [2.45, 2.75) is 27.3 Å². The number of hydrogen-bond acceptors (Lipinski definition) is 3. The van der Waals surface area contributed by atoms with Gasteiger partial charge in [-0.2, -0.15) is 10.2 Å². The lowest BCUT2D eigenvalue weighted by Gasteiger charge is -2.04. The van der Waals surface area contributed by atoms with Gasteiger partial charge in [0.25, 0.3) is 0 Å². The highest BCUT2D eigenvalue weighted by Crippen LogP contribution is 2.17. The lowest BCUT2D eigenvalue weighted by Crippen LogP contribution is -2.07. The fourth-order valence-electron chi connectivity index (χ4n) is 1.90. The highest BCUT2D eigenvalue weighted by molar-refractivity contribution is 5.43. The molecule has 2 heterocycles. The molecule has 0 unspecified atom stereocenters. The Balaban J connectivity index is 2.37. The Bertz CT molecular complexity index is 521. The molecule has 0 fully saturated rings. The fourth-order valence-corrected chi connectivity index (χ4v) is 1.90. The Morgan fingerprint density at radius 3 is 2.38 bits per heavy atom. The van der Waals surface area contributed by atoms with Gasteiger partial charge in [-0.1, -0.05) is 0 Å². The van der Waals surface area contributed by atoms with Gasteiger partial charge in [0.05, 0.1) is 17.9 Å². The molecule has 16 heavy (non-hydrogen) atoms. The summed E-state index contributed by atoms with van der Waals surface area (Å²) >= 11 is 0. The minimum Gasteiger partial charge on any atom is -0.384 e. The third-order valence-corrected chi connectivity index (χ3v) is 2.81. The van der Waals surface area contributed by atoms with Crippen LogP contribution in [-0.4, -0.2) is 19.6 Å². The van der Waals surface area contributed by atoms with Crippen molar-refractivity contribution in [3.05, 3.63) is 28.7 Å². The van der Waals surface area contributed by atoms with Crippen LogP contribution >= 0.6 is 0 Å². The summed E-state index contributed by atoms with van der Waals surface area (Å²) in [5.74, 6) is 0.713. The van der Waals surface area contributed by atoms with E-state index in [0.717, 1.165) is 22.6 Å². The SMILES string of the molecule is Cc1cc(C)n(Cc2c(C)nn(C)c2N)n1. The van der Waals surface area contributed by atoms with Crippen LogP contribution in [0.5, 0.6) is 0 Å². The van der Waals surface area contributed by atoms with E-state index in [0.29, 0.717) is 12.4 Å². The molecule has 0 saturated heterocycles. The Labute approximate surface area is 94.9 Å². The first-order chi connectivity index (χ1) is 7.49. The van der Waals surface area contributed by atoms with Crippen molar-refractivity contribution >= 4 is 5.82 Å². The van der Waals surface area contributed by atoms with Crippen molar-refractivity contribution in [2.24, 2.45) is 7.05 Å². The van der Waals surface area contributed by atoms with Gasteiger partial charge in [0, 0.05) is 18.3 Å². The van der Waals surface area contributed by atoms with Crippen molar-refractivity contribution in [1.29, 1.82) is 0 Å². The van der Waals surface area contributed by atoms with Gasteiger partial charge < -0.3 is 5.73 Å². The van der Waals surface area contributed by atoms with Crippen LogP contribution in [-0.2, 0) is 13.6 Å². The number of rotatable bonds is 2. The molecule has 0 aliphatic rings. The monoisotopic (exact) mass is 219 g/mol. The second-order valence-corrected chi connectivity index (χ2v) is 4.16. The quantitative estimate of drug-likeness (QED) is 0.824. The molecule has 0 saturated carbocycles. The maximum absolute atomic E-state index is 5.97. The number of anilines is 1. The van der Waals surface area contributed by atoms with Crippen LogP contribution in [0.2, 0.25) is 0 Å². The number of nitrogen functional groups attached to an aromatic ring is 1. The van der Waals surface area contributed by atoms with Crippen molar-refractivity contribution in [3.8, 4) is 0 Å². The number of hydrogen-bond donors (Lipinski definition) is 1. The van der Waals surface area contributed by atoms with Crippen molar-refractivity contribution in [1.82, 2.24) is 19.6 Å². The molecule has 2 aromatic rings. The predicted octanol–water partition coefficient (Wildman–Crippen LogP) is 1.17. The van der Waals surface area contributed by atoms with Crippen LogP contribution < -0.4 is 5.73 Å². The van der Waals surface area contributed by atoms with Crippen LogP contribution in [0.1, 0.15) is 22.6 Å². The number of nitrogens with two attached hydrogens (primary N) is 1. The molecular weight excluding hydrogens is 202 g/mol. The summed E-state index contributed by atoms with van der Waals surface area (Å²) in [7, 11) is 1.85. The average molecular weight is 219 g/mol. The van der Waals surface area contributed by atoms with E-state index in [1.165, 1.54) is 0 Å². The van der Waals surface area contributed by atoms with E-state index in [9.17, 15) is 0 Å². The topological polar surface area (TPSA) is 61.7 Å². The van der Waals surface area contributed by atoms with Crippen molar-refractivity contribution < 1.29 is 0 Å². The summed E-state index contributed by atoms with van der Waals surface area (Å²) in [5, 5.41) is 8.71. The molecule has 2 rings (SSSR count). The fraction of sp³-hybridized carbons (Fsp3) is 0.455. The van der Waals surface area contributed by atoms with Crippen LogP contribution in [0.3, 0.4) is 0 Å². The summed E-state index contributed by atoms with van der Waals surface area (Å²) < 4.78 is 3.66. The van der Waals surface area contributed by atoms with Crippen molar-refractivity contribution in [2.75, 3.05) is 5.73 Å². The molecule has 0 radical (unpaired) electrons. The minimum atomic E-state index is 0.686. The third kappa shape index (κ3) is 1.68. The zero-order chi connectivity index (χ0) is 11.9. The van der Waals surface area contributed by atoms with Gasteiger partial charge in [0.15, 0.2) is 0 Å². The van der Waals surface area contributed by atoms with Gasteiger partial charge in [0.1, 0.15) is 5.82 Å². The van der Waals surface area contributed by atoms with Gasteiger partial charge in [-0.15, -0.1) is 0 Å². The summed E-state index contributed by atoms with van der Waals surface area (Å²) in [4.78, 5) is 0. The maximum atomic E-state index is 5.97. The number of aromatic nitrogens is 4. The zero-order valence-electron chi connectivity index (χ0n) is 10.2. The number of aryl methyl sites for hydroxylation is 4. The van der Waals surface area contributed by atoms with E-state index >= 15 is 0 Å². The lowest BCUT2D eigenvalue weighted by atomic mass is 10.2. The summed E-state index contributed by atoms with van der Waals surface area (Å²) in [5.41, 5.74) is 10.1. The molecule has 5 heteroatoms. The Hall–Kier alpha value is -1.78. The van der Waals surface area contributed by atoms with E-state index < -0.39 is 0 Å². The van der Waals surface area contributed by atoms with Crippen LogP contribution in [0.15, 0.2) is 6.07 Å². The lowest BCUT2D eigenvalue weighted by molar-refractivity contribution is 0.657. The molecule has 2 aromatic heterocycles. The summed E-state index contributed by atoms with van der Waals surface area (Å²) in [6.07, 6.45) is 0. The first-order valence-corrected chi connectivity index (χ1v) is 5.28. The molecule has 0 bridgehead atoms. The molecule has 0 spiro atoms. The normalized spacial score (nSPS) is 11.0. The van der Waals surface area contributed by atoms with Crippen molar-refractivity contribution in [3.63, 3.8) is 0 Å². The largest absolute Gasteiger partial charge is 0.384 e. The molecule has 2 N–H and O–H groups in total. The standard InChI is InChI=1S/C11H17N5/c1-7-5-8(2)16(13-7)6-10-9(3)14-15(4)11(10)12/h5H,6,12H2,1-4H3.